The van der Waals surface area contributed by atoms with Crippen LogP contribution in [0, 0.1) is 10.1 Å². The highest BCUT2D eigenvalue weighted by atomic mass is 16.6. The molecule has 0 saturated heterocycles. The molecule has 0 aliphatic heterocycles. The van der Waals surface area contributed by atoms with E-state index in [1.54, 1.807) is 12.1 Å². The fourth-order valence-electron chi connectivity index (χ4n) is 1.62. The Morgan fingerprint density at radius 2 is 2.21 bits per heavy atom. The lowest BCUT2D eigenvalue weighted by Crippen LogP contribution is -1.92. The summed E-state index contributed by atoms with van der Waals surface area (Å²) < 4.78 is 10.5. The van der Waals surface area contributed by atoms with Crippen molar-refractivity contribution in [3.8, 4) is 17.1 Å². The van der Waals surface area contributed by atoms with Crippen LogP contribution in [0.15, 0.2) is 39.9 Å². The van der Waals surface area contributed by atoms with E-state index >= 15 is 0 Å². The third-order valence-electron chi connectivity index (χ3n) is 2.47. The van der Waals surface area contributed by atoms with Crippen LogP contribution in [0.25, 0.3) is 11.3 Å². The van der Waals surface area contributed by atoms with Gasteiger partial charge in [-0.1, -0.05) is 5.16 Å². The molecule has 1 aromatic carbocycles. The van der Waals surface area contributed by atoms with Gasteiger partial charge in [0, 0.05) is 6.07 Å². The number of nitrogens with zero attached hydrogens (tertiary/aromatic N) is 2. The lowest BCUT2D eigenvalue weighted by molar-refractivity contribution is -0.384. The van der Waals surface area contributed by atoms with E-state index in [2.05, 4.69) is 5.16 Å². The predicted octanol–water partition coefficient (Wildman–Crippen LogP) is 2.67. The van der Waals surface area contributed by atoms with Crippen LogP contribution in [-0.2, 0) is 0 Å². The monoisotopic (exact) mass is 262 g/mol. The van der Waals surface area contributed by atoms with Gasteiger partial charge < -0.3 is 14.4 Å². The predicted molar refractivity (Wildman–Crippen MR) is 66.7 cm³/mol. The second kappa shape index (κ2) is 5.21. The fourth-order valence-corrected chi connectivity index (χ4v) is 1.62. The highest BCUT2D eigenvalue weighted by molar-refractivity contribution is 5.78. The number of methoxy groups -OCH3 is 1. The molecule has 0 atom stereocenters. The summed E-state index contributed by atoms with van der Waals surface area (Å²) in [4.78, 5) is 10.2. The van der Waals surface area contributed by atoms with Crippen LogP contribution in [0.4, 0.5) is 5.69 Å². The van der Waals surface area contributed by atoms with Crippen molar-refractivity contribution in [1.82, 2.24) is 0 Å². The molecule has 1 N–H and O–H groups in total. The van der Waals surface area contributed by atoms with Crippen molar-refractivity contribution >= 4 is 11.9 Å². The lowest BCUT2D eigenvalue weighted by atomic mass is 10.1. The van der Waals surface area contributed by atoms with Crippen LogP contribution >= 0.6 is 0 Å². The second-order valence-electron chi connectivity index (χ2n) is 3.59. The summed E-state index contributed by atoms with van der Waals surface area (Å²) in [5, 5.41) is 21.9. The molecule has 0 unspecified atom stereocenters. The van der Waals surface area contributed by atoms with Crippen LogP contribution in [0.1, 0.15) is 5.76 Å². The van der Waals surface area contributed by atoms with E-state index in [-0.39, 0.29) is 5.69 Å². The molecule has 7 nitrogen and oxygen atoms in total. The van der Waals surface area contributed by atoms with E-state index in [1.807, 2.05) is 0 Å². The van der Waals surface area contributed by atoms with Crippen LogP contribution in [0.5, 0.6) is 5.75 Å². The van der Waals surface area contributed by atoms with Crippen molar-refractivity contribution in [3.63, 3.8) is 0 Å². The Kier molecular flexibility index (Phi) is 3.46. The molecule has 0 bridgehead atoms. The Morgan fingerprint density at radius 1 is 1.42 bits per heavy atom. The van der Waals surface area contributed by atoms with Crippen molar-refractivity contribution < 1.29 is 19.3 Å². The van der Waals surface area contributed by atoms with Gasteiger partial charge in [0.1, 0.15) is 23.5 Å². The summed E-state index contributed by atoms with van der Waals surface area (Å²) >= 11 is 0. The first-order valence-corrected chi connectivity index (χ1v) is 5.25. The Morgan fingerprint density at radius 3 is 2.84 bits per heavy atom. The molecule has 0 fully saturated rings. The van der Waals surface area contributed by atoms with Crippen molar-refractivity contribution in [2.75, 3.05) is 7.11 Å². The molecule has 0 saturated carbocycles. The molecular weight excluding hydrogens is 252 g/mol. The molecule has 19 heavy (non-hydrogen) atoms. The average molecular weight is 262 g/mol. The first-order valence-electron chi connectivity index (χ1n) is 5.25. The van der Waals surface area contributed by atoms with Gasteiger partial charge in [-0.25, -0.2) is 0 Å². The summed E-state index contributed by atoms with van der Waals surface area (Å²) in [6.07, 6.45) is 1.14. The first-order chi connectivity index (χ1) is 9.15. The number of benzene rings is 1. The van der Waals surface area contributed by atoms with Crippen molar-refractivity contribution in [1.29, 1.82) is 0 Å². The number of oxime groups is 1. The van der Waals surface area contributed by atoms with Gasteiger partial charge in [-0.3, -0.25) is 10.1 Å². The van der Waals surface area contributed by atoms with Gasteiger partial charge in [-0.2, -0.15) is 0 Å². The minimum absolute atomic E-state index is 0.0655. The number of nitro benzene ring substituents is 1. The smallest absolute Gasteiger partial charge is 0.273 e. The van der Waals surface area contributed by atoms with E-state index in [4.69, 9.17) is 14.4 Å². The fraction of sp³-hybridized carbons (Fsp3) is 0.0833. The van der Waals surface area contributed by atoms with Crippen LogP contribution in [0.3, 0.4) is 0 Å². The zero-order valence-electron chi connectivity index (χ0n) is 9.94. The SMILES string of the molecule is COc1cc([N+](=O)[O-])ccc1-c1ccc(C=NO)o1. The molecule has 2 rings (SSSR count). The molecule has 1 heterocycles. The van der Waals surface area contributed by atoms with Crippen molar-refractivity contribution in [2.24, 2.45) is 5.16 Å². The number of hydrogen-bond donors (Lipinski definition) is 1. The number of rotatable bonds is 4. The van der Waals surface area contributed by atoms with Crippen LogP contribution in [0.2, 0.25) is 0 Å². The topological polar surface area (TPSA) is 98.1 Å². The van der Waals surface area contributed by atoms with Gasteiger partial charge in [-0.05, 0) is 18.2 Å². The van der Waals surface area contributed by atoms with E-state index in [1.165, 1.54) is 25.3 Å². The Labute approximate surface area is 107 Å². The summed E-state index contributed by atoms with van der Waals surface area (Å²) in [5.74, 6) is 1.15. The molecule has 0 radical (unpaired) electrons. The maximum atomic E-state index is 10.7. The van der Waals surface area contributed by atoms with Gasteiger partial charge >= 0.3 is 0 Å². The maximum Gasteiger partial charge on any atom is 0.273 e. The lowest BCUT2D eigenvalue weighted by Gasteiger charge is -2.05. The molecule has 0 amide bonds. The number of non-ortho nitro benzene ring substituents is 1. The van der Waals surface area contributed by atoms with Gasteiger partial charge in [-0.15, -0.1) is 0 Å². The van der Waals surface area contributed by atoms with Crippen LogP contribution < -0.4 is 4.74 Å². The standard InChI is InChI=1S/C12H10N2O5/c1-18-12-6-8(14(16)17)2-4-10(12)11-5-3-9(19-11)7-13-15/h2-7,15H,1H3. The molecule has 98 valence electrons. The minimum Gasteiger partial charge on any atom is -0.496 e. The summed E-state index contributed by atoms with van der Waals surface area (Å²) in [6.45, 7) is 0. The van der Waals surface area contributed by atoms with E-state index in [0.29, 0.717) is 22.8 Å². The van der Waals surface area contributed by atoms with E-state index in [0.717, 1.165) is 6.21 Å². The highest BCUT2D eigenvalue weighted by Crippen LogP contribution is 2.33. The van der Waals surface area contributed by atoms with Crippen molar-refractivity contribution in [3.05, 3.63) is 46.2 Å². The highest BCUT2D eigenvalue weighted by Gasteiger charge is 2.15. The number of ether oxygens (including phenoxy) is 1. The number of hydrogen-bond acceptors (Lipinski definition) is 6. The summed E-state index contributed by atoms with van der Waals surface area (Å²) in [7, 11) is 1.42. The third-order valence-corrected chi connectivity index (χ3v) is 2.47. The molecule has 0 spiro atoms. The Balaban J connectivity index is 2.45. The number of nitro groups is 1. The second-order valence-corrected chi connectivity index (χ2v) is 3.59. The molecule has 7 heteroatoms. The minimum atomic E-state index is -0.502. The van der Waals surface area contributed by atoms with E-state index < -0.39 is 4.92 Å². The maximum absolute atomic E-state index is 10.7. The van der Waals surface area contributed by atoms with Crippen molar-refractivity contribution in [2.45, 2.75) is 0 Å². The van der Waals surface area contributed by atoms with E-state index in [9.17, 15) is 10.1 Å². The van der Waals surface area contributed by atoms with Gasteiger partial charge in [0.25, 0.3) is 5.69 Å². The Bertz CT molecular complexity index is 633. The molecule has 2 aromatic rings. The normalized spacial score (nSPS) is 10.8. The summed E-state index contributed by atoms with van der Waals surface area (Å²) in [6, 6.07) is 7.48. The summed E-state index contributed by atoms with van der Waals surface area (Å²) in [5.41, 5.74) is 0.509. The Hall–Kier alpha value is -2.83. The molecular formula is C12H10N2O5. The first kappa shape index (κ1) is 12.6. The molecule has 0 aliphatic rings. The molecule has 1 aromatic heterocycles. The quantitative estimate of drug-likeness (QED) is 0.395. The molecule has 0 aliphatic carbocycles. The third kappa shape index (κ3) is 2.54. The largest absolute Gasteiger partial charge is 0.496 e. The van der Waals surface area contributed by atoms with Gasteiger partial charge in [0.2, 0.25) is 0 Å². The van der Waals surface area contributed by atoms with Gasteiger partial charge in [0.15, 0.2) is 0 Å². The zero-order chi connectivity index (χ0) is 13.8. The average Bonchev–Trinajstić information content (AvgIpc) is 2.86. The van der Waals surface area contributed by atoms with Gasteiger partial charge in [0.05, 0.1) is 23.7 Å². The number of furan rings is 1. The zero-order valence-corrected chi connectivity index (χ0v) is 9.94. The van der Waals surface area contributed by atoms with Crippen LogP contribution in [-0.4, -0.2) is 23.5 Å².